The van der Waals surface area contributed by atoms with Crippen LogP contribution in [-0.2, 0) is 10.0 Å². The van der Waals surface area contributed by atoms with Crippen molar-refractivity contribution < 1.29 is 17.9 Å². The highest BCUT2D eigenvalue weighted by Gasteiger charge is 2.20. The van der Waals surface area contributed by atoms with E-state index in [1.165, 1.54) is 14.0 Å². The number of urea groups is 1. The van der Waals surface area contributed by atoms with E-state index in [0.717, 1.165) is 0 Å². The first-order chi connectivity index (χ1) is 12.2. The highest BCUT2D eigenvalue weighted by atomic mass is 35.5. The SMILES string of the molecule is COc1ccc(NC(=O)NS(=O)(=O)C(C)=C(C)c2cccc(Cl)c2)cc1. The summed E-state index contributed by atoms with van der Waals surface area (Å²) in [6.45, 7) is 3.08. The molecule has 138 valence electrons. The largest absolute Gasteiger partial charge is 0.497 e. The summed E-state index contributed by atoms with van der Waals surface area (Å²) in [6, 6.07) is 12.5. The summed E-state index contributed by atoms with van der Waals surface area (Å²) in [7, 11) is -2.48. The molecule has 0 saturated carbocycles. The number of sulfonamides is 1. The minimum Gasteiger partial charge on any atom is -0.497 e. The Balaban J connectivity index is 2.15. The molecule has 0 aliphatic carbocycles. The fourth-order valence-electron chi connectivity index (χ4n) is 2.16. The van der Waals surface area contributed by atoms with Gasteiger partial charge in [-0.1, -0.05) is 23.7 Å². The van der Waals surface area contributed by atoms with Crippen LogP contribution in [0.2, 0.25) is 5.02 Å². The van der Waals surface area contributed by atoms with E-state index in [1.54, 1.807) is 55.5 Å². The summed E-state index contributed by atoms with van der Waals surface area (Å²) in [4.78, 5) is 12.1. The first-order valence-corrected chi connectivity index (χ1v) is 9.50. The molecule has 0 bridgehead atoms. The molecule has 0 aliphatic rings. The van der Waals surface area contributed by atoms with E-state index < -0.39 is 16.1 Å². The molecule has 0 radical (unpaired) electrons. The molecule has 2 aromatic rings. The van der Waals surface area contributed by atoms with Gasteiger partial charge in [-0.05, 0) is 61.4 Å². The number of hydrogen-bond donors (Lipinski definition) is 2. The molecule has 0 atom stereocenters. The van der Waals surface area contributed by atoms with Gasteiger partial charge in [-0.25, -0.2) is 17.9 Å². The van der Waals surface area contributed by atoms with Crippen molar-refractivity contribution in [2.45, 2.75) is 13.8 Å². The van der Waals surface area contributed by atoms with Crippen molar-refractivity contribution in [2.75, 3.05) is 12.4 Å². The van der Waals surface area contributed by atoms with Gasteiger partial charge in [0.05, 0.1) is 12.0 Å². The van der Waals surface area contributed by atoms with Crippen LogP contribution in [0.25, 0.3) is 5.57 Å². The molecule has 0 spiro atoms. The Morgan fingerprint density at radius 1 is 1.08 bits per heavy atom. The number of carbonyl (C=O) groups excluding carboxylic acids is 1. The number of hydrogen-bond acceptors (Lipinski definition) is 4. The molecule has 6 nitrogen and oxygen atoms in total. The Labute approximate surface area is 157 Å². The van der Waals surface area contributed by atoms with Crippen molar-refractivity contribution in [3.05, 3.63) is 64.0 Å². The number of methoxy groups -OCH3 is 1. The molecule has 0 aliphatic heterocycles. The van der Waals surface area contributed by atoms with Gasteiger partial charge in [0.25, 0.3) is 10.0 Å². The molecule has 2 N–H and O–H groups in total. The zero-order chi connectivity index (χ0) is 19.3. The molecule has 0 unspecified atom stereocenters. The lowest BCUT2D eigenvalue weighted by atomic mass is 10.1. The molecule has 2 aromatic carbocycles. The second-order valence-corrected chi connectivity index (χ2v) is 7.74. The van der Waals surface area contributed by atoms with E-state index in [0.29, 0.717) is 27.6 Å². The molecule has 8 heteroatoms. The normalized spacial score (nSPS) is 12.2. The Hall–Kier alpha value is -2.51. The van der Waals surface area contributed by atoms with Gasteiger partial charge in [0.2, 0.25) is 0 Å². The first kappa shape index (κ1) is 19.8. The summed E-state index contributed by atoms with van der Waals surface area (Å²) >= 11 is 5.94. The number of ether oxygens (including phenoxy) is 1. The molecule has 2 amide bonds. The number of anilines is 1. The predicted octanol–water partition coefficient (Wildman–Crippen LogP) is 4.25. The van der Waals surface area contributed by atoms with Crippen molar-refractivity contribution in [1.29, 1.82) is 0 Å². The van der Waals surface area contributed by atoms with Crippen LogP contribution in [0.1, 0.15) is 19.4 Å². The van der Waals surface area contributed by atoms with Crippen molar-refractivity contribution in [3.63, 3.8) is 0 Å². The molecule has 0 saturated heterocycles. The van der Waals surface area contributed by atoms with Gasteiger partial charge < -0.3 is 10.1 Å². The Morgan fingerprint density at radius 2 is 1.73 bits per heavy atom. The molecule has 0 heterocycles. The lowest BCUT2D eigenvalue weighted by Crippen LogP contribution is -2.34. The number of rotatable bonds is 5. The quantitative estimate of drug-likeness (QED) is 0.793. The van der Waals surface area contributed by atoms with E-state index in [4.69, 9.17) is 16.3 Å². The van der Waals surface area contributed by atoms with Crippen LogP contribution in [0.15, 0.2) is 53.4 Å². The number of allylic oxidation sites excluding steroid dienone is 2. The second-order valence-electron chi connectivity index (χ2n) is 5.48. The molecule has 0 fully saturated rings. The van der Waals surface area contributed by atoms with Crippen LogP contribution >= 0.6 is 11.6 Å². The maximum absolute atomic E-state index is 12.4. The minimum atomic E-state index is -4.00. The highest BCUT2D eigenvalue weighted by molar-refractivity contribution is 7.94. The lowest BCUT2D eigenvalue weighted by Gasteiger charge is -2.12. The number of benzene rings is 2. The topological polar surface area (TPSA) is 84.5 Å². The number of amides is 2. The van der Waals surface area contributed by atoms with Gasteiger partial charge in [-0.3, -0.25) is 0 Å². The first-order valence-electron chi connectivity index (χ1n) is 7.64. The van der Waals surface area contributed by atoms with Gasteiger partial charge in [0.15, 0.2) is 0 Å². The Kier molecular flexibility index (Phi) is 6.28. The Morgan fingerprint density at radius 3 is 2.31 bits per heavy atom. The summed E-state index contributed by atoms with van der Waals surface area (Å²) in [5.74, 6) is 0.625. The minimum absolute atomic E-state index is 0.0321. The van der Waals surface area contributed by atoms with Gasteiger partial charge in [0, 0.05) is 10.7 Å². The third-order valence-electron chi connectivity index (χ3n) is 3.76. The van der Waals surface area contributed by atoms with Crippen molar-refractivity contribution >= 4 is 38.9 Å². The average Bonchev–Trinajstić information content (AvgIpc) is 2.60. The van der Waals surface area contributed by atoms with E-state index in [1.807, 2.05) is 4.72 Å². The van der Waals surface area contributed by atoms with Crippen molar-refractivity contribution in [1.82, 2.24) is 4.72 Å². The Bertz CT molecular complexity index is 938. The highest BCUT2D eigenvalue weighted by Crippen LogP contribution is 2.24. The lowest BCUT2D eigenvalue weighted by molar-refractivity contribution is 0.256. The summed E-state index contributed by atoms with van der Waals surface area (Å²) in [6.07, 6.45) is 0. The zero-order valence-corrected chi connectivity index (χ0v) is 16.1. The van der Waals surface area contributed by atoms with Crippen LogP contribution in [0.5, 0.6) is 5.75 Å². The molecule has 26 heavy (non-hydrogen) atoms. The van der Waals surface area contributed by atoms with Crippen LogP contribution < -0.4 is 14.8 Å². The monoisotopic (exact) mass is 394 g/mol. The maximum atomic E-state index is 12.4. The van der Waals surface area contributed by atoms with Gasteiger partial charge >= 0.3 is 6.03 Å². The van der Waals surface area contributed by atoms with Gasteiger partial charge in [-0.15, -0.1) is 0 Å². The fourth-order valence-corrected chi connectivity index (χ4v) is 3.32. The van der Waals surface area contributed by atoms with Crippen LogP contribution in [0.3, 0.4) is 0 Å². The van der Waals surface area contributed by atoms with Gasteiger partial charge in [-0.2, -0.15) is 0 Å². The molecular formula is C18H19ClN2O4S. The third kappa shape index (κ3) is 5.00. The number of carbonyl (C=O) groups is 1. The fraction of sp³-hybridized carbons (Fsp3) is 0.167. The molecular weight excluding hydrogens is 376 g/mol. The second kappa shape index (κ2) is 8.25. The zero-order valence-electron chi connectivity index (χ0n) is 14.5. The summed E-state index contributed by atoms with van der Waals surface area (Å²) < 4.78 is 31.9. The van der Waals surface area contributed by atoms with E-state index >= 15 is 0 Å². The standard InChI is InChI=1S/C18H19ClN2O4S/c1-12(14-5-4-6-15(19)11-14)13(2)26(23,24)21-18(22)20-16-7-9-17(25-3)10-8-16/h4-11H,1-3H3,(H2,20,21,22). The van der Waals surface area contributed by atoms with E-state index in [2.05, 4.69) is 5.32 Å². The van der Waals surface area contributed by atoms with E-state index in [9.17, 15) is 13.2 Å². The average molecular weight is 395 g/mol. The van der Waals surface area contributed by atoms with Crippen LogP contribution in [0, 0.1) is 0 Å². The van der Waals surface area contributed by atoms with E-state index in [-0.39, 0.29) is 4.91 Å². The van der Waals surface area contributed by atoms with Crippen LogP contribution in [0.4, 0.5) is 10.5 Å². The van der Waals surface area contributed by atoms with Gasteiger partial charge in [0.1, 0.15) is 5.75 Å². The molecule has 2 rings (SSSR count). The summed E-state index contributed by atoms with van der Waals surface area (Å²) in [5, 5.41) is 2.96. The van der Waals surface area contributed by atoms with Crippen LogP contribution in [-0.4, -0.2) is 21.6 Å². The predicted molar refractivity (Wildman–Crippen MR) is 104 cm³/mol. The third-order valence-corrected chi connectivity index (χ3v) is 5.57. The maximum Gasteiger partial charge on any atom is 0.333 e. The number of nitrogens with one attached hydrogen (secondary N) is 2. The smallest absolute Gasteiger partial charge is 0.333 e. The van der Waals surface area contributed by atoms with Crippen molar-refractivity contribution in [2.24, 2.45) is 0 Å². The van der Waals surface area contributed by atoms with Crippen molar-refractivity contribution in [3.8, 4) is 5.75 Å². The number of halogens is 1. The summed E-state index contributed by atoms with van der Waals surface area (Å²) in [5.41, 5.74) is 1.60. The molecule has 0 aromatic heterocycles.